The average molecular weight is 480 g/mol. The molecule has 1 saturated heterocycles. The molecule has 182 valence electrons. The Morgan fingerprint density at radius 2 is 2.11 bits per heavy atom. The molecule has 0 radical (unpaired) electrons. The van der Waals surface area contributed by atoms with Gasteiger partial charge in [-0.3, -0.25) is 4.57 Å². The summed E-state index contributed by atoms with van der Waals surface area (Å²) in [7, 11) is 1.26. The summed E-state index contributed by atoms with van der Waals surface area (Å²) in [4.78, 5) is 30.4. The molecule has 4 heterocycles. The van der Waals surface area contributed by atoms with Gasteiger partial charge in [0.05, 0.1) is 24.5 Å². The van der Waals surface area contributed by atoms with Crippen molar-refractivity contribution in [2.75, 3.05) is 25.6 Å². The van der Waals surface area contributed by atoms with E-state index in [4.69, 9.17) is 14.5 Å². The van der Waals surface area contributed by atoms with Crippen LogP contribution in [0.25, 0.3) is 22.2 Å². The van der Waals surface area contributed by atoms with E-state index in [-0.39, 0.29) is 17.8 Å². The Morgan fingerprint density at radius 1 is 1.23 bits per heavy atom. The first-order chi connectivity index (χ1) is 17.2. The molecule has 0 amide bonds. The van der Waals surface area contributed by atoms with Gasteiger partial charge >= 0.3 is 5.97 Å². The summed E-state index contributed by atoms with van der Waals surface area (Å²) in [6.07, 6.45) is 8.85. The van der Waals surface area contributed by atoms with Crippen molar-refractivity contribution in [2.45, 2.75) is 50.8 Å². The molecule has 35 heavy (non-hydrogen) atoms. The van der Waals surface area contributed by atoms with Crippen LogP contribution in [0, 0.1) is 5.82 Å². The summed E-state index contributed by atoms with van der Waals surface area (Å²) in [6.45, 7) is 1.27. The first-order valence-electron chi connectivity index (χ1n) is 12.0. The number of nitrogens with one attached hydrogen (secondary N) is 1. The summed E-state index contributed by atoms with van der Waals surface area (Å²) in [5.74, 6) is 0.134. The molecule has 1 saturated carbocycles. The topological polar surface area (TPSA) is 109 Å². The number of carbonyl (C=O) groups excluding carboxylic acids is 1. The molecule has 1 aliphatic heterocycles. The Labute approximate surface area is 200 Å². The van der Waals surface area contributed by atoms with Gasteiger partial charge in [0, 0.05) is 25.6 Å². The van der Waals surface area contributed by atoms with Crippen molar-refractivity contribution >= 4 is 34.0 Å². The molecule has 1 N–H and O–H groups in total. The van der Waals surface area contributed by atoms with E-state index in [0.717, 1.165) is 50.2 Å². The standard InChI is InChI=1S/C24H26FN7O3/c1-34-24(33)19-15(25)7-8-16-21(19)32(14-5-6-14)17(30-16)9-10-26-22-20-23(28-12-27-22)31(13-29-20)18-4-2-3-11-35-18/h7-8,12-14,18H,2-6,9-11H2,1H3,(H,26,27,28)/t18-/m0/s1. The summed E-state index contributed by atoms with van der Waals surface area (Å²) in [5.41, 5.74) is 2.45. The van der Waals surface area contributed by atoms with Crippen LogP contribution in [0.5, 0.6) is 0 Å². The molecule has 0 unspecified atom stereocenters. The summed E-state index contributed by atoms with van der Waals surface area (Å²) in [6, 6.07) is 3.09. The number of carbonyl (C=O) groups is 1. The lowest BCUT2D eigenvalue weighted by molar-refractivity contribution is -0.0298. The van der Waals surface area contributed by atoms with E-state index in [1.54, 1.807) is 12.4 Å². The molecule has 3 aromatic heterocycles. The number of rotatable bonds is 7. The third kappa shape index (κ3) is 3.89. The zero-order valence-electron chi connectivity index (χ0n) is 19.4. The van der Waals surface area contributed by atoms with Crippen molar-refractivity contribution in [1.82, 2.24) is 29.1 Å². The maximum atomic E-state index is 14.6. The van der Waals surface area contributed by atoms with Gasteiger partial charge in [0.1, 0.15) is 29.8 Å². The quantitative estimate of drug-likeness (QED) is 0.399. The first kappa shape index (κ1) is 21.9. The average Bonchev–Trinajstić information content (AvgIpc) is 3.51. The van der Waals surface area contributed by atoms with Crippen LogP contribution < -0.4 is 5.32 Å². The highest BCUT2D eigenvalue weighted by Crippen LogP contribution is 2.40. The highest BCUT2D eigenvalue weighted by atomic mass is 19.1. The normalized spacial score (nSPS) is 18.3. The minimum Gasteiger partial charge on any atom is -0.465 e. The number of ether oxygens (including phenoxy) is 2. The van der Waals surface area contributed by atoms with Gasteiger partial charge in [0.15, 0.2) is 17.0 Å². The number of nitrogens with zero attached hydrogens (tertiary/aromatic N) is 6. The lowest BCUT2D eigenvalue weighted by atomic mass is 10.1. The fraction of sp³-hybridized carbons (Fsp3) is 0.458. The van der Waals surface area contributed by atoms with Crippen LogP contribution in [-0.2, 0) is 15.9 Å². The molecule has 11 heteroatoms. The van der Waals surface area contributed by atoms with Crippen LogP contribution in [0.2, 0.25) is 0 Å². The van der Waals surface area contributed by atoms with Gasteiger partial charge in [-0.25, -0.2) is 29.1 Å². The van der Waals surface area contributed by atoms with E-state index in [1.165, 1.54) is 19.5 Å². The number of benzene rings is 1. The van der Waals surface area contributed by atoms with Crippen LogP contribution in [0.15, 0.2) is 24.8 Å². The maximum Gasteiger partial charge on any atom is 0.343 e. The number of imidazole rings is 2. The minimum absolute atomic E-state index is 0.0562. The van der Waals surface area contributed by atoms with Crippen LogP contribution in [-0.4, -0.2) is 55.3 Å². The van der Waals surface area contributed by atoms with E-state index in [9.17, 15) is 9.18 Å². The molecule has 10 nitrogen and oxygen atoms in total. The monoisotopic (exact) mass is 479 g/mol. The van der Waals surface area contributed by atoms with E-state index in [0.29, 0.717) is 35.3 Å². The van der Waals surface area contributed by atoms with Crippen LogP contribution in [0.3, 0.4) is 0 Å². The lowest BCUT2D eigenvalue weighted by Gasteiger charge is -2.23. The fourth-order valence-electron chi connectivity index (χ4n) is 4.84. The van der Waals surface area contributed by atoms with E-state index >= 15 is 0 Å². The van der Waals surface area contributed by atoms with Crippen molar-refractivity contribution in [1.29, 1.82) is 0 Å². The van der Waals surface area contributed by atoms with E-state index < -0.39 is 11.8 Å². The van der Waals surface area contributed by atoms with Crippen molar-refractivity contribution in [3.63, 3.8) is 0 Å². The van der Waals surface area contributed by atoms with E-state index in [2.05, 4.69) is 20.3 Å². The van der Waals surface area contributed by atoms with E-state index in [1.807, 2.05) is 9.13 Å². The second-order valence-corrected chi connectivity index (χ2v) is 8.96. The van der Waals surface area contributed by atoms with Gasteiger partial charge in [-0.1, -0.05) is 0 Å². The molecular weight excluding hydrogens is 453 g/mol. The number of anilines is 1. The molecule has 2 fully saturated rings. The molecule has 1 aliphatic carbocycles. The molecule has 2 aliphatic rings. The highest BCUT2D eigenvalue weighted by Gasteiger charge is 2.31. The molecule has 4 aromatic rings. The van der Waals surface area contributed by atoms with Crippen molar-refractivity contribution in [2.24, 2.45) is 0 Å². The van der Waals surface area contributed by atoms with Crippen LogP contribution >= 0.6 is 0 Å². The van der Waals surface area contributed by atoms with Gasteiger partial charge in [0.2, 0.25) is 0 Å². The first-order valence-corrected chi connectivity index (χ1v) is 12.0. The smallest absolute Gasteiger partial charge is 0.343 e. The van der Waals surface area contributed by atoms with Crippen molar-refractivity contribution in [3.05, 3.63) is 42.0 Å². The van der Waals surface area contributed by atoms with Gasteiger partial charge in [-0.2, -0.15) is 0 Å². The lowest BCUT2D eigenvalue weighted by Crippen LogP contribution is -2.17. The molecule has 0 spiro atoms. The number of hydrogen-bond acceptors (Lipinski definition) is 8. The zero-order chi connectivity index (χ0) is 23.9. The number of esters is 1. The number of aromatic nitrogens is 6. The number of halogens is 1. The number of fused-ring (bicyclic) bond motifs is 2. The molecule has 1 aromatic carbocycles. The fourth-order valence-corrected chi connectivity index (χ4v) is 4.84. The van der Waals surface area contributed by atoms with Crippen LogP contribution in [0.4, 0.5) is 10.2 Å². The Bertz CT molecular complexity index is 1410. The molecular formula is C24H26FN7O3. The SMILES string of the molecule is COC(=O)c1c(F)ccc2nc(CCNc3ncnc4c3ncn4[C@@H]3CCCCO3)n(C3CC3)c12. The van der Waals surface area contributed by atoms with Gasteiger partial charge in [0.25, 0.3) is 0 Å². The predicted octanol–water partition coefficient (Wildman–Crippen LogP) is 3.79. The Hall–Kier alpha value is -3.60. The zero-order valence-corrected chi connectivity index (χ0v) is 19.4. The molecule has 6 rings (SSSR count). The number of hydrogen-bond donors (Lipinski definition) is 1. The second kappa shape index (κ2) is 8.88. The predicted molar refractivity (Wildman–Crippen MR) is 126 cm³/mol. The Morgan fingerprint density at radius 3 is 2.89 bits per heavy atom. The minimum atomic E-state index is -0.694. The number of methoxy groups -OCH3 is 1. The van der Waals surface area contributed by atoms with Gasteiger partial charge in [-0.05, 0) is 44.2 Å². The summed E-state index contributed by atoms with van der Waals surface area (Å²) < 4.78 is 29.3. The summed E-state index contributed by atoms with van der Waals surface area (Å²) in [5, 5.41) is 3.36. The highest BCUT2D eigenvalue weighted by molar-refractivity contribution is 6.02. The van der Waals surface area contributed by atoms with Gasteiger partial charge < -0.3 is 19.4 Å². The van der Waals surface area contributed by atoms with Crippen molar-refractivity contribution in [3.8, 4) is 0 Å². The third-order valence-electron chi connectivity index (χ3n) is 6.64. The molecule has 0 bridgehead atoms. The largest absolute Gasteiger partial charge is 0.465 e. The third-order valence-corrected chi connectivity index (χ3v) is 6.64. The molecule has 1 atom stereocenters. The summed E-state index contributed by atoms with van der Waals surface area (Å²) >= 11 is 0. The Kier molecular flexibility index (Phi) is 5.56. The van der Waals surface area contributed by atoms with Crippen molar-refractivity contribution < 1.29 is 18.7 Å². The second-order valence-electron chi connectivity index (χ2n) is 8.96. The van der Waals surface area contributed by atoms with Gasteiger partial charge in [-0.15, -0.1) is 0 Å². The van der Waals surface area contributed by atoms with Crippen LogP contribution in [0.1, 0.15) is 60.6 Å². The maximum absolute atomic E-state index is 14.6. The Balaban J connectivity index is 1.27.